The third-order valence-corrected chi connectivity index (χ3v) is 4.35. The van der Waals surface area contributed by atoms with Crippen molar-refractivity contribution in [1.29, 1.82) is 0 Å². The molecule has 3 heteroatoms. The van der Waals surface area contributed by atoms with Crippen LogP contribution in [0.25, 0.3) is 0 Å². The van der Waals surface area contributed by atoms with Gasteiger partial charge in [-0.05, 0) is 37.0 Å². The summed E-state index contributed by atoms with van der Waals surface area (Å²) in [4.78, 5) is 6.73. The van der Waals surface area contributed by atoms with Crippen molar-refractivity contribution in [2.24, 2.45) is 5.41 Å². The van der Waals surface area contributed by atoms with Crippen molar-refractivity contribution in [1.82, 2.24) is 15.2 Å². The number of nitrogens with one attached hydrogen (secondary N) is 1. The first kappa shape index (κ1) is 14.5. The fourth-order valence-electron chi connectivity index (χ4n) is 2.84. The normalized spacial score (nSPS) is 27.2. The molecule has 2 heterocycles. The van der Waals surface area contributed by atoms with Crippen LogP contribution < -0.4 is 5.32 Å². The van der Waals surface area contributed by atoms with Gasteiger partial charge < -0.3 is 5.32 Å². The molecule has 19 heavy (non-hydrogen) atoms. The number of hydrogen-bond donors (Lipinski definition) is 1. The van der Waals surface area contributed by atoms with Crippen LogP contribution in [-0.4, -0.2) is 35.1 Å². The molecule has 2 rings (SSSR count). The Balaban J connectivity index is 2.13. The van der Waals surface area contributed by atoms with E-state index in [0.29, 0.717) is 23.5 Å². The van der Waals surface area contributed by atoms with Crippen LogP contribution >= 0.6 is 0 Å². The van der Waals surface area contributed by atoms with Crippen LogP contribution in [0.3, 0.4) is 0 Å². The molecule has 0 aromatic carbocycles. The fourth-order valence-corrected chi connectivity index (χ4v) is 2.84. The molecule has 0 bridgehead atoms. The quantitative estimate of drug-likeness (QED) is 0.887. The minimum Gasteiger partial charge on any atom is -0.311 e. The summed E-state index contributed by atoms with van der Waals surface area (Å²) < 4.78 is 0. The number of pyridine rings is 1. The lowest BCUT2D eigenvalue weighted by Crippen LogP contribution is -2.59. The van der Waals surface area contributed by atoms with Crippen molar-refractivity contribution >= 4 is 0 Å². The Morgan fingerprint density at radius 2 is 1.95 bits per heavy atom. The van der Waals surface area contributed by atoms with Crippen LogP contribution in [0.4, 0.5) is 0 Å². The third-order valence-electron chi connectivity index (χ3n) is 4.35. The summed E-state index contributed by atoms with van der Waals surface area (Å²) >= 11 is 0. The van der Waals surface area contributed by atoms with Crippen LogP contribution in [0.1, 0.15) is 46.2 Å². The predicted octanol–water partition coefficient (Wildman–Crippen LogP) is 2.85. The Labute approximate surface area is 117 Å². The van der Waals surface area contributed by atoms with Gasteiger partial charge in [0, 0.05) is 43.6 Å². The third kappa shape index (κ3) is 3.34. The second-order valence-electron chi connectivity index (χ2n) is 6.83. The lowest BCUT2D eigenvalue weighted by Gasteiger charge is -2.46. The molecule has 0 amide bonds. The molecule has 0 radical (unpaired) electrons. The van der Waals surface area contributed by atoms with Gasteiger partial charge in [0.25, 0.3) is 0 Å². The Hall–Kier alpha value is -0.930. The highest BCUT2D eigenvalue weighted by atomic mass is 15.3. The highest BCUT2D eigenvalue weighted by molar-refractivity contribution is 5.15. The van der Waals surface area contributed by atoms with Crippen molar-refractivity contribution in [3.63, 3.8) is 0 Å². The summed E-state index contributed by atoms with van der Waals surface area (Å²) in [6, 6.07) is 5.83. The van der Waals surface area contributed by atoms with Gasteiger partial charge in [-0.2, -0.15) is 0 Å². The fraction of sp³-hybridized carbons (Fsp3) is 0.688. The van der Waals surface area contributed by atoms with Crippen molar-refractivity contribution in [3.05, 3.63) is 30.1 Å². The first-order chi connectivity index (χ1) is 8.89. The standard InChI is InChI=1S/C16H27N3/c1-12-10-18-15(16(3,4)5)11-19(12)13(2)14-6-8-17-9-7-14/h6-9,12-13,15,18H,10-11H2,1-5H3. The number of nitrogens with zero attached hydrogens (tertiary/aromatic N) is 2. The van der Waals surface area contributed by atoms with E-state index in [-0.39, 0.29) is 0 Å². The Bertz CT molecular complexity index is 396. The van der Waals surface area contributed by atoms with E-state index in [9.17, 15) is 0 Å². The number of aromatic nitrogens is 1. The number of rotatable bonds is 2. The van der Waals surface area contributed by atoms with Crippen molar-refractivity contribution in [3.8, 4) is 0 Å². The number of hydrogen-bond acceptors (Lipinski definition) is 3. The van der Waals surface area contributed by atoms with E-state index in [2.05, 4.69) is 62.0 Å². The van der Waals surface area contributed by atoms with Crippen LogP contribution in [0.2, 0.25) is 0 Å². The van der Waals surface area contributed by atoms with Crippen molar-refractivity contribution in [2.75, 3.05) is 13.1 Å². The van der Waals surface area contributed by atoms with Crippen LogP contribution in [0, 0.1) is 5.41 Å². The average Bonchev–Trinajstić information content (AvgIpc) is 2.38. The highest BCUT2D eigenvalue weighted by Gasteiger charge is 2.34. The first-order valence-corrected chi connectivity index (χ1v) is 7.28. The minimum atomic E-state index is 0.302. The van der Waals surface area contributed by atoms with Crippen molar-refractivity contribution in [2.45, 2.75) is 52.7 Å². The largest absolute Gasteiger partial charge is 0.311 e. The Morgan fingerprint density at radius 1 is 1.32 bits per heavy atom. The summed E-state index contributed by atoms with van der Waals surface area (Å²) in [5, 5.41) is 3.69. The first-order valence-electron chi connectivity index (χ1n) is 7.28. The topological polar surface area (TPSA) is 28.2 Å². The van der Waals surface area contributed by atoms with Gasteiger partial charge in [0.15, 0.2) is 0 Å². The lowest BCUT2D eigenvalue weighted by molar-refractivity contribution is 0.0628. The van der Waals surface area contributed by atoms with Crippen LogP contribution in [0.5, 0.6) is 0 Å². The Kier molecular flexibility index (Phi) is 4.26. The zero-order valence-electron chi connectivity index (χ0n) is 12.9. The van der Waals surface area contributed by atoms with Gasteiger partial charge >= 0.3 is 0 Å². The molecule has 3 unspecified atom stereocenters. The van der Waals surface area contributed by atoms with E-state index in [1.165, 1.54) is 5.56 Å². The Morgan fingerprint density at radius 3 is 2.53 bits per heavy atom. The van der Waals surface area contributed by atoms with Gasteiger partial charge in [0.2, 0.25) is 0 Å². The zero-order valence-corrected chi connectivity index (χ0v) is 12.9. The van der Waals surface area contributed by atoms with Crippen LogP contribution in [0.15, 0.2) is 24.5 Å². The monoisotopic (exact) mass is 261 g/mol. The molecule has 1 N–H and O–H groups in total. The zero-order chi connectivity index (χ0) is 14.0. The molecule has 0 saturated carbocycles. The lowest BCUT2D eigenvalue weighted by atomic mass is 9.84. The van der Waals surface area contributed by atoms with Gasteiger partial charge in [0.1, 0.15) is 0 Å². The smallest absolute Gasteiger partial charge is 0.0325 e. The van der Waals surface area contributed by atoms with Crippen molar-refractivity contribution < 1.29 is 0 Å². The van der Waals surface area contributed by atoms with E-state index >= 15 is 0 Å². The average molecular weight is 261 g/mol. The highest BCUT2D eigenvalue weighted by Crippen LogP contribution is 2.29. The molecule has 0 spiro atoms. The van der Waals surface area contributed by atoms with Gasteiger partial charge in [-0.15, -0.1) is 0 Å². The summed E-state index contributed by atoms with van der Waals surface area (Å²) in [7, 11) is 0. The van der Waals surface area contributed by atoms with E-state index < -0.39 is 0 Å². The van der Waals surface area contributed by atoms with Gasteiger partial charge in [-0.1, -0.05) is 20.8 Å². The molecule has 1 fully saturated rings. The molecular formula is C16H27N3. The predicted molar refractivity (Wildman–Crippen MR) is 80.1 cm³/mol. The SMILES string of the molecule is CC1CNC(C(C)(C)C)CN1C(C)c1ccncc1. The van der Waals surface area contributed by atoms with Gasteiger partial charge in [0.05, 0.1) is 0 Å². The molecular weight excluding hydrogens is 234 g/mol. The van der Waals surface area contributed by atoms with E-state index in [1.54, 1.807) is 0 Å². The maximum atomic E-state index is 4.12. The van der Waals surface area contributed by atoms with Gasteiger partial charge in [-0.3, -0.25) is 9.88 Å². The molecule has 1 aliphatic heterocycles. The molecule has 3 atom stereocenters. The van der Waals surface area contributed by atoms with Gasteiger partial charge in [-0.25, -0.2) is 0 Å². The molecule has 106 valence electrons. The summed E-state index contributed by atoms with van der Waals surface area (Å²) in [5.74, 6) is 0. The summed E-state index contributed by atoms with van der Waals surface area (Å²) in [5.41, 5.74) is 1.66. The molecule has 3 nitrogen and oxygen atoms in total. The van der Waals surface area contributed by atoms with E-state index in [0.717, 1.165) is 13.1 Å². The number of piperazine rings is 1. The summed E-state index contributed by atoms with van der Waals surface area (Å²) in [6.07, 6.45) is 3.78. The maximum Gasteiger partial charge on any atom is 0.0325 e. The maximum absolute atomic E-state index is 4.12. The molecule has 0 aliphatic carbocycles. The molecule has 1 saturated heterocycles. The molecule has 1 aromatic heterocycles. The van der Waals surface area contributed by atoms with E-state index in [1.807, 2.05) is 12.4 Å². The van der Waals surface area contributed by atoms with E-state index in [4.69, 9.17) is 0 Å². The second kappa shape index (κ2) is 5.59. The van der Waals surface area contributed by atoms with Crippen LogP contribution in [-0.2, 0) is 0 Å². The second-order valence-corrected chi connectivity index (χ2v) is 6.83. The molecule has 1 aromatic rings. The summed E-state index contributed by atoms with van der Waals surface area (Å²) in [6.45, 7) is 13.7. The minimum absolute atomic E-state index is 0.302. The molecule has 1 aliphatic rings.